The van der Waals surface area contributed by atoms with Crippen molar-refractivity contribution in [2.24, 2.45) is 46.3 Å². The van der Waals surface area contributed by atoms with Crippen LogP contribution in [0.1, 0.15) is 126 Å². The van der Waals surface area contributed by atoms with E-state index in [0.29, 0.717) is 10.8 Å². The molecular weight excluding hydrogens is 911 g/mol. The topological polar surface area (TPSA) is 0 Å². The molecule has 0 saturated heterocycles. The fraction of sp³-hybridized carbons (Fsp3) is 0.500. The summed E-state index contributed by atoms with van der Waals surface area (Å²) in [5.74, 6) is 6.27. The van der Waals surface area contributed by atoms with Crippen LogP contribution in [0.3, 0.4) is 0 Å². The van der Waals surface area contributed by atoms with Crippen LogP contribution < -0.4 is 0 Å². The first-order chi connectivity index (χ1) is 31.2. The molecule has 8 fully saturated rings. The Balaban J connectivity index is 0.000000145. The van der Waals surface area contributed by atoms with Crippen molar-refractivity contribution in [3.8, 4) is 22.3 Å². The maximum absolute atomic E-state index is 4.93. The Morgan fingerprint density at radius 1 is 0.516 bits per heavy atom. The van der Waals surface area contributed by atoms with Gasteiger partial charge in [-0.25, -0.2) is 0 Å². The number of halogens is 2. The van der Waals surface area contributed by atoms with E-state index in [1.807, 2.05) is 0 Å². The van der Waals surface area contributed by atoms with Gasteiger partial charge in [0.15, 0.2) is 0 Å². The molecule has 2 radical (unpaired) electrons. The number of hydrogen-bond donors (Lipinski definition) is 0. The molecule has 0 amide bonds. The van der Waals surface area contributed by atoms with Crippen LogP contribution in [-0.4, -0.2) is 9.52 Å². The Kier molecular flexibility index (Phi) is 15.4. The van der Waals surface area contributed by atoms with Gasteiger partial charge in [-0.05, 0) is 171 Å². The third kappa shape index (κ3) is 10.6. The third-order valence-corrected chi connectivity index (χ3v) is 16.7. The van der Waals surface area contributed by atoms with Crippen LogP contribution in [0.25, 0.3) is 43.8 Å². The number of aryl methyl sites for hydroxylation is 2. The fourth-order valence-corrected chi connectivity index (χ4v) is 15.5. The van der Waals surface area contributed by atoms with E-state index in [-0.39, 0.29) is 0 Å². The average molecular weight is 983 g/mol. The molecule has 8 aliphatic carbocycles. The van der Waals surface area contributed by atoms with E-state index in [2.05, 4.69) is 136 Å². The van der Waals surface area contributed by atoms with E-state index in [1.165, 1.54) is 132 Å². The molecule has 0 N–H and O–H groups in total. The zero-order valence-corrected chi connectivity index (χ0v) is 44.3. The van der Waals surface area contributed by atoms with Crippen molar-refractivity contribution in [1.29, 1.82) is 0 Å². The van der Waals surface area contributed by atoms with E-state index in [0.717, 1.165) is 45.0 Å². The van der Waals surface area contributed by atoms with E-state index >= 15 is 0 Å². The number of rotatable bonds is 10. The van der Waals surface area contributed by atoms with E-state index in [4.69, 9.17) is 17.0 Å². The van der Waals surface area contributed by atoms with Gasteiger partial charge < -0.3 is 0 Å². The SMILES string of the molecule is CCCc1ccc(-c2cccc3[cH-]c(CC45CC6CC(CC(C6)C4)C5)cc23)cc1.CCCc1ccc(-c2cccc3[cH-]c(CC45CC6CC(CC(C6)C4)C5)cc23)cc1.C[Si]C.[Cl][Zr+2][Cl]. The second-order valence-electron chi connectivity index (χ2n) is 22.0. The summed E-state index contributed by atoms with van der Waals surface area (Å²) in [6, 6.07) is 42.4. The fourth-order valence-electron chi connectivity index (χ4n) is 15.5. The van der Waals surface area contributed by atoms with Crippen LogP contribution in [-0.2, 0) is 46.5 Å². The molecule has 6 aromatic carbocycles. The molecular formula is C60H72Cl2SiZr. The summed E-state index contributed by atoms with van der Waals surface area (Å²) in [6.07, 6.45) is 25.7. The Labute approximate surface area is 408 Å². The predicted molar refractivity (Wildman–Crippen MR) is 276 cm³/mol. The molecule has 8 saturated carbocycles. The molecule has 8 aliphatic rings. The number of benzene rings is 4. The summed E-state index contributed by atoms with van der Waals surface area (Å²) in [5, 5.41) is 5.77. The molecule has 0 spiro atoms. The normalized spacial score (nSPS) is 27.9. The van der Waals surface area contributed by atoms with E-state index in [1.54, 1.807) is 49.7 Å². The quantitative estimate of drug-likeness (QED) is 0.0948. The summed E-state index contributed by atoms with van der Waals surface area (Å²) < 4.78 is 0. The van der Waals surface area contributed by atoms with Gasteiger partial charge in [0.1, 0.15) is 0 Å². The first-order valence-electron chi connectivity index (χ1n) is 25.3. The summed E-state index contributed by atoms with van der Waals surface area (Å²) in [5.41, 5.74) is 12.9. The van der Waals surface area contributed by atoms with Gasteiger partial charge in [0, 0.05) is 9.52 Å². The second kappa shape index (κ2) is 21.0. The van der Waals surface area contributed by atoms with Crippen molar-refractivity contribution in [2.75, 3.05) is 0 Å². The summed E-state index contributed by atoms with van der Waals surface area (Å²) in [6.45, 7) is 8.81. The Bertz CT molecular complexity index is 2190. The molecule has 0 heterocycles. The third-order valence-electron chi connectivity index (χ3n) is 16.7. The molecule has 6 aromatic rings. The molecule has 334 valence electrons. The van der Waals surface area contributed by atoms with Crippen LogP contribution in [0.4, 0.5) is 0 Å². The summed E-state index contributed by atoms with van der Waals surface area (Å²) in [4.78, 5) is 0. The predicted octanol–water partition coefficient (Wildman–Crippen LogP) is 18.0. The molecule has 64 heavy (non-hydrogen) atoms. The van der Waals surface area contributed by atoms with Crippen LogP contribution in [0.5, 0.6) is 0 Å². The Morgan fingerprint density at radius 2 is 0.828 bits per heavy atom. The van der Waals surface area contributed by atoms with Crippen molar-refractivity contribution in [1.82, 2.24) is 0 Å². The molecule has 0 aliphatic heterocycles. The minimum absolute atomic E-state index is 0.626. The Hall–Kier alpha value is -2.22. The first-order valence-corrected chi connectivity index (χ1v) is 33.7. The molecule has 8 bridgehead atoms. The van der Waals surface area contributed by atoms with Gasteiger partial charge in [-0.3, -0.25) is 0 Å². The second-order valence-corrected chi connectivity index (χ2v) is 26.7. The van der Waals surface area contributed by atoms with Crippen molar-refractivity contribution in [3.05, 3.63) is 131 Å². The van der Waals surface area contributed by atoms with Gasteiger partial charge in [-0.2, -0.15) is 12.1 Å². The van der Waals surface area contributed by atoms with Crippen LogP contribution in [0.15, 0.2) is 109 Å². The van der Waals surface area contributed by atoms with Gasteiger partial charge in [-0.1, -0.05) is 112 Å². The van der Waals surface area contributed by atoms with Crippen molar-refractivity contribution >= 4 is 48.1 Å². The summed E-state index contributed by atoms with van der Waals surface area (Å²) >= 11 is -0.826. The average Bonchev–Trinajstić information content (AvgIpc) is 3.87. The van der Waals surface area contributed by atoms with E-state index < -0.39 is 20.8 Å². The Morgan fingerprint density at radius 3 is 1.12 bits per heavy atom. The van der Waals surface area contributed by atoms with Gasteiger partial charge in [0.05, 0.1) is 0 Å². The molecule has 4 heteroatoms. The van der Waals surface area contributed by atoms with Gasteiger partial charge in [-0.15, -0.1) is 69.1 Å². The first kappa shape index (κ1) is 46.9. The molecule has 0 unspecified atom stereocenters. The molecule has 14 rings (SSSR count). The molecule has 0 nitrogen and oxygen atoms in total. The van der Waals surface area contributed by atoms with Crippen LogP contribution in [0.2, 0.25) is 13.1 Å². The van der Waals surface area contributed by atoms with Crippen molar-refractivity contribution < 1.29 is 20.8 Å². The van der Waals surface area contributed by atoms with Gasteiger partial charge >= 0.3 is 37.9 Å². The van der Waals surface area contributed by atoms with Crippen molar-refractivity contribution in [3.63, 3.8) is 0 Å². The van der Waals surface area contributed by atoms with Crippen molar-refractivity contribution in [2.45, 2.75) is 143 Å². The minimum atomic E-state index is -0.826. The number of fused-ring (bicyclic) bond motifs is 2. The van der Waals surface area contributed by atoms with Gasteiger partial charge in [0.25, 0.3) is 0 Å². The number of hydrogen-bond acceptors (Lipinski definition) is 0. The zero-order valence-electron chi connectivity index (χ0n) is 39.3. The molecule has 0 atom stereocenters. The summed E-state index contributed by atoms with van der Waals surface area (Å²) in [7, 11) is 11.0. The zero-order chi connectivity index (χ0) is 44.3. The van der Waals surface area contributed by atoms with Gasteiger partial charge in [0.2, 0.25) is 0 Å². The monoisotopic (exact) mass is 980 g/mol. The van der Waals surface area contributed by atoms with Crippen LogP contribution >= 0.6 is 17.0 Å². The molecule has 0 aromatic heterocycles. The standard InChI is InChI=1S/2C29H33.C2H6Si.2ClH.Zr/c2*1-2-4-20-7-9-25(10-8-20)27-6-3-5-26-14-24(15-28(26)27)19-29-16-21-11-22(17-29)13-23(12-21)18-29;1-3-2;;;/h2*3,5-10,14-15,21-23H,2,4,11-13,16-19H2,1H3;1-2H3;2*1H;/q2*-1;;;;+4/p-2. The maximum atomic E-state index is 4.93. The van der Waals surface area contributed by atoms with Crippen LogP contribution in [0, 0.1) is 46.3 Å². The van der Waals surface area contributed by atoms with E-state index in [9.17, 15) is 0 Å².